The third-order valence-corrected chi connectivity index (χ3v) is 5.55. The Balaban J connectivity index is 1.65. The highest BCUT2D eigenvalue weighted by atomic mass is 35.5. The van der Waals surface area contributed by atoms with Crippen LogP contribution in [0.2, 0.25) is 5.02 Å². The lowest BCUT2D eigenvalue weighted by Crippen LogP contribution is -2.05. The van der Waals surface area contributed by atoms with Gasteiger partial charge in [0.25, 0.3) is 0 Å². The first-order chi connectivity index (χ1) is 14.7. The van der Waals surface area contributed by atoms with Gasteiger partial charge in [-0.05, 0) is 55.5 Å². The van der Waals surface area contributed by atoms with Crippen LogP contribution in [0.25, 0.3) is 17.3 Å². The van der Waals surface area contributed by atoms with Crippen LogP contribution in [-0.2, 0) is 0 Å². The molecule has 2 aromatic heterocycles. The number of benzene rings is 2. The molecule has 6 nitrogen and oxygen atoms in total. The second-order valence-electron chi connectivity index (χ2n) is 6.24. The molecule has 0 atom stereocenters. The second-order valence-corrected chi connectivity index (χ2v) is 7.59. The van der Waals surface area contributed by atoms with Gasteiger partial charge in [-0.25, -0.2) is 0 Å². The number of carbonyl (C=O) groups excluding carboxylic acids is 1. The van der Waals surface area contributed by atoms with Crippen LogP contribution < -0.4 is 4.74 Å². The zero-order valence-electron chi connectivity index (χ0n) is 16.1. The number of hydrogen-bond donors (Lipinski definition) is 0. The zero-order chi connectivity index (χ0) is 20.9. The number of rotatable bonds is 8. The van der Waals surface area contributed by atoms with Crippen molar-refractivity contribution in [1.29, 1.82) is 0 Å². The first-order valence-corrected chi connectivity index (χ1v) is 10.7. The fourth-order valence-electron chi connectivity index (χ4n) is 2.91. The molecule has 0 N–H and O–H groups in total. The van der Waals surface area contributed by atoms with Crippen molar-refractivity contribution in [2.24, 2.45) is 0 Å². The van der Waals surface area contributed by atoms with E-state index in [2.05, 4.69) is 10.2 Å². The number of ether oxygens (including phenoxy) is 1. The van der Waals surface area contributed by atoms with Crippen molar-refractivity contribution in [3.63, 3.8) is 0 Å². The minimum Gasteiger partial charge on any atom is -0.494 e. The number of carbonyl (C=O) groups is 1. The molecule has 0 radical (unpaired) electrons. The predicted molar refractivity (Wildman–Crippen MR) is 117 cm³/mol. The molecule has 152 valence electrons. The molecule has 2 heterocycles. The SMILES string of the molecule is CCOc1ccc(-n2c(SCC(=O)c3ccccc3Cl)nnc2-c2ccco2)cc1. The Morgan fingerprint density at radius 1 is 1.10 bits per heavy atom. The molecule has 4 rings (SSSR count). The summed E-state index contributed by atoms with van der Waals surface area (Å²) < 4.78 is 12.9. The molecule has 0 saturated heterocycles. The number of nitrogens with zero attached hydrogens (tertiary/aromatic N) is 3. The Morgan fingerprint density at radius 3 is 2.60 bits per heavy atom. The van der Waals surface area contributed by atoms with Gasteiger partial charge in [-0.1, -0.05) is 35.5 Å². The van der Waals surface area contributed by atoms with Gasteiger partial charge in [0.05, 0.1) is 29.3 Å². The normalized spacial score (nSPS) is 10.9. The lowest BCUT2D eigenvalue weighted by molar-refractivity contribution is 0.102. The van der Waals surface area contributed by atoms with Crippen molar-refractivity contribution < 1.29 is 13.9 Å². The average molecular weight is 440 g/mol. The van der Waals surface area contributed by atoms with E-state index in [1.165, 1.54) is 11.8 Å². The largest absolute Gasteiger partial charge is 0.494 e. The highest BCUT2D eigenvalue weighted by Crippen LogP contribution is 2.30. The molecule has 0 spiro atoms. The molecule has 0 fully saturated rings. The summed E-state index contributed by atoms with van der Waals surface area (Å²) in [4.78, 5) is 12.6. The van der Waals surface area contributed by atoms with E-state index >= 15 is 0 Å². The first kappa shape index (κ1) is 20.3. The smallest absolute Gasteiger partial charge is 0.205 e. The lowest BCUT2D eigenvalue weighted by atomic mass is 10.1. The number of ketones is 1. The average Bonchev–Trinajstić information content (AvgIpc) is 3.43. The summed E-state index contributed by atoms with van der Waals surface area (Å²) in [7, 11) is 0. The van der Waals surface area contributed by atoms with Crippen LogP contribution in [0.5, 0.6) is 5.75 Å². The Bertz CT molecular complexity index is 1140. The van der Waals surface area contributed by atoms with E-state index in [1.54, 1.807) is 36.6 Å². The van der Waals surface area contributed by atoms with Crippen LogP contribution >= 0.6 is 23.4 Å². The van der Waals surface area contributed by atoms with Crippen LogP contribution in [0.15, 0.2) is 76.5 Å². The Hall–Kier alpha value is -3.03. The number of halogens is 1. The monoisotopic (exact) mass is 439 g/mol. The molecule has 0 aliphatic carbocycles. The molecule has 2 aromatic carbocycles. The maximum atomic E-state index is 12.6. The molecule has 8 heteroatoms. The Labute approximate surface area is 182 Å². The van der Waals surface area contributed by atoms with Crippen LogP contribution in [0, 0.1) is 0 Å². The van der Waals surface area contributed by atoms with E-state index in [0.29, 0.717) is 33.9 Å². The maximum absolute atomic E-state index is 12.6. The van der Waals surface area contributed by atoms with Crippen LogP contribution in [-0.4, -0.2) is 32.9 Å². The molecule has 0 amide bonds. The third kappa shape index (κ3) is 4.27. The van der Waals surface area contributed by atoms with Gasteiger partial charge in [0.1, 0.15) is 5.75 Å². The van der Waals surface area contributed by atoms with Crippen LogP contribution in [0.3, 0.4) is 0 Å². The molecule has 0 aliphatic rings. The van der Waals surface area contributed by atoms with Gasteiger partial charge in [0, 0.05) is 5.56 Å². The summed E-state index contributed by atoms with van der Waals surface area (Å²) in [5, 5.41) is 9.60. The molecule has 30 heavy (non-hydrogen) atoms. The highest BCUT2D eigenvalue weighted by molar-refractivity contribution is 7.99. The van der Waals surface area contributed by atoms with Crippen molar-refractivity contribution >= 4 is 29.1 Å². The van der Waals surface area contributed by atoms with Crippen molar-refractivity contribution in [3.8, 4) is 23.0 Å². The van der Waals surface area contributed by atoms with Crippen molar-refractivity contribution in [2.75, 3.05) is 12.4 Å². The Kier molecular flexibility index (Phi) is 6.21. The van der Waals surface area contributed by atoms with Crippen LogP contribution in [0.1, 0.15) is 17.3 Å². The number of hydrogen-bond acceptors (Lipinski definition) is 6. The van der Waals surface area contributed by atoms with Crippen molar-refractivity contribution in [3.05, 3.63) is 77.5 Å². The molecule has 0 bridgehead atoms. The fraction of sp³-hybridized carbons (Fsp3) is 0.136. The standard InChI is InChI=1S/C22H18ClN3O3S/c1-2-28-16-11-9-15(10-12-16)26-21(20-8-5-13-29-20)24-25-22(26)30-14-19(27)17-6-3-4-7-18(17)23/h3-13H,2,14H2,1H3. The first-order valence-electron chi connectivity index (χ1n) is 9.30. The van der Waals surface area contributed by atoms with Gasteiger partial charge < -0.3 is 9.15 Å². The topological polar surface area (TPSA) is 70.2 Å². The Morgan fingerprint density at radius 2 is 1.90 bits per heavy atom. The highest BCUT2D eigenvalue weighted by Gasteiger charge is 2.20. The molecule has 0 aliphatic heterocycles. The number of thioether (sulfide) groups is 1. The summed E-state index contributed by atoms with van der Waals surface area (Å²) in [6.07, 6.45) is 1.58. The van der Waals surface area contributed by atoms with Gasteiger partial charge in [-0.15, -0.1) is 10.2 Å². The van der Waals surface area contributed by atoms with E-state index in [-0.39, 0.29) is 11.5 Å². The summed E-state index contributed by atoms with van der Waals surface area (Å²) in [5.41, 5.74) is 1.33. The third-order valence-electron chi connectivity index (χ3n) is 4.29. The van der Waals surface area contributed by atoms with Gasteiger partial charge in [0.2, 0.25) is 5.82 Å². The molecule has 4 aromatic rings. The van der Waals surface area contributed by atoms with Gasteiger partial charge >= 0.3 is 0 Å². The summed E-state index contributed by atoms with van der Waals surface area (Å²) in [5.74, 6) is 2.01. The second kappa shape index (κ2) is 9.19. The molecular weight excluding hydrogens is 422 g/mol. The quantitative estimate of drug-likeness (QED) is 0.264. The number of Topliss-reactive ketones (excluding diaryl/α,β-unsaturated/α-hetero) is 1. The lowest BCUT2D eigenvalue weighted by Gasteiger charge is -2.10. The van der Waals surface area contributed by atoms with Crippen molar-refractivity contribution in [1.82, 2.24) is 14.8 Å². The van der Waals surface area contributed by atoms with E-state index in [0.717, 1.165) is 11.4 Å². The van der Waals surface area contributed by atoms with E-state index < -0.39 is 0 Å². The van der Waals surface area contributed by atoms with Crippen LogP contribution in [0.4, 0.5) is 0 Å². The minimum atomic E-state index is -0.0774. The summed E-state index contributed by atoms with van der Waals surface area (Å²) >= 11 is 7.45. The minimum absolute atomic E-state index is 0.0774. The number of aromatic nitrogens is 3. The number of furan rings is 1. The van der Waals surface area contributed by atoms with E-state index in [9.17, 15) is 4.79 Å². The van der Waals surface area contributed by atoms with Crippen molar-refractivity contribution in [2.45, 2.75) is 12.1 Å². The van der Waals surface area contributed by atoms with Gasteiger partial charge in [0.15, 0.2) is 16.7 Å². The summed E-state index contributed by atoms with van der Waals surface area (Å²) in [6, 6.07) is 18.2. The predicted octanol–water partition coefficient (Wildman–Crippen LogP) is 5.55. The molecule has 0 unspecified atom stereocenters. The maximum Gasteiger partial charge on any atom is 0.205 e. The van der Waals surface area contributed by atoms with E-state index in [4.69, 9.17) is 20.8 Å². The van der Waals surface area contributed by atoms with Gasteiger partial charge in [-0.2, -0.15) is 0 Å². The summed E-state index contributed by atoms with van der Waals surface area (Å²) in [6.45, 7) is 2.53. The molecular formula is C22H18ClN3O3S. The fourth-order valence-corrected chi connectivity index (χ4v) is 3.99. The van der Waals surface area contributed by atoms with Gasteiger partial charge in [-0.3, -0.25) is 9.36 Å². The zero-order valence-corrected chi connectivity index (χ0v) is 17.7. The van der Waals surface area contributed by atoms with E-state index in [1.807, 2.05) is 41.8 Å². The molecule has 0 saturated carbocycles.